The lowest BCUT2D eigenvalue weighted by atomic mass is 10.1. The zero-order chi connectivity index (χ0) is 18.9. The van der Waals surface area contributed by atoms with Crippen molar-refractivity contribution < 1.29 is 13.2 Å². The van der Waals surface area contributed by atoms with Crippen LogP contribution in [0.5, 0.6) is 0 Å². The Morgan fingerprint density at radius 3 is 2.42 bits per heavy atom. The lowest BCUT2D eigenvalue weighted by molar-refractivity contribution is 0.0931. The van der Waals surface area contributed by atoms with E-state index in [1.165, 1.54) is 12.1 Å². The Morgan fingerprint density at radius 2 is 1.81 bits per heavy atom. The largest absolute Gasteiger partial charge is 0.344 e. The quantitative estimate of drug-likeness (QED) is 0.722. The number of sulfonamides is 1. The summed E-state index contributed by atoms with van der Waals surface area (Å²) in [6.45, 7) is 4.54. The summed E-state index contributed by atoms with van der Waals surface area (Å²) in [4.78, 5) is 12.8. The third-order valence-electron chi connectivity index (χ3n) is 4.42. The van der Waals surface area contributed by atoms with Gasteiger partial charge in [0.25, 0.3) is 5.91 Å². The van der Waals surface area contributed by atoms with Crippen LogP contribution >= 0.6 is 0 Å². The number of hydrogen-bond donors (Lipinski definition) is 2. The molecular formula is C19H21N3O3S. The minimum absolute atomic E-state index is 0.0471. The van der Waals surface area contributed by atoms with E-state index in [9.17, 15) is 13.2 Å². The second-order valence-electron chi connectivity index (χ2n) is 6.14. The van der Waals surface area contributed by atoms with Crippen molar-refractivity contribution in [2.75, 3.05) is 0 Å². The first-order chi connectivity index (χ1) is 12.3. The van der Waals surface area contributed by atoms with Crippen molar-refractivity contribution in [2.45, 2.75) is 31.3 Å². The van der Waals surface area contributed by atoms with Crippen LogP contribution in [0, 0.1) is 0 Å². The van der Waals surface area contributed by atoms with Crippen molar-refractivity contribution >= 4 is 26.8 Å². The van der Waals surface area contributed by atoms with Crippen molar-refractivity contribution in [3.05, 3.63) is 65.9 Å². The van der Waals surface area contributed by atoms with Crippen LogP contribution in [0.2, 0.25) is 0 Å². The molecule has 1 heterocycles. The van der Waals surface area contributed by atoms with Gasteiger partial charge in [0.1, 0.15) is 5.69 Å². The van der Waals surface area contributed by atoms with Crippen LogP contribution < -0.4 is 10.5 Å². The highest BCUT2D eigenvalue weighted by atomic mass is 32.2. The molecular weight excluding hydrogens is 350 g/mol. The number of nitrogens with one attached hydrogen (secondary N) is 1. The fraction of sp³-hybridized carbons (Fsp3) is 0.211. The number of rotatable bonds is 5. The standard InChI is InChI=1S/C19H21N3O3S/c1-3-22-17-7-5-4-6-15(17)12-18(22)19(23)21-13(2)14-8-10-16(11-9-14)26(20,24)25/h4-13H,3H2,1-2H3,(H,21,23)(H2,20,24,25)/t13-/m0/s1. The van der Waals surface area contributed by atoms with Gasteiger partial charge >= 0.3 is 0 Å². The fourth-order valence-corrected chi connectivity index (χ4v) is 3.55. The van der Waals surface area contributed by atoms with Gasteiger partial charge in [-0.15, -0.1) is 0 Å². The predicted octanol–water partition coefficient (Wildman–Crippen LogP) is 2.80. The predicted molar refractivity (Wildman–Crippen MR) is 101 cm³/mol. The highest BCUT2D eigenvalue weighted by Crippen LogP contribution is 2.21. The molecule has 0 bridgehead atoms. The monoisotopic (exact) mass is 371 g/mol. The van der Waals surface area contributed by atoms with Gasteiger partial charge in [-0.2, -0.15) is 0 Å². The molecule has 3 N–H and O–H groups in total. The van der Waals surface area contributed by atoms with E-state index < -0.39 is 10.0 Å². The lowest BCUT2D eigenvalue weighted by Crippen LogP contribution is -2.28. The Hall–Kier alpha value is -2.64. The van der Waals surface area contributed by atoms with Crippen molar-refractivity contribution in [1.82, 2.24) is 9.88 Å². The van der Waals surface area contributed by atoms with Crippen molar-refractivity contribution in [3.63, 3.8) is 0 Å². The zero-order valence-electron chi connectivity index (χ0n) is 14.6. The summed E-state index contributed by atoms with van der Waals surface area (Å²) in [5, 5.41) is 9.09. The molecule has 1 amide bonds. The van der Waals surface area contributed by atoms with E-state index in [1.807, 2.05) is 48.7 Å². The van der Waals surface area contributed by atoms with Gasteiger partial charge in [-0.25, -0.2) is 13.6 Å². The molecule has 0 aliphatic heterocycles. The number of primary sulfonamides is 1. The van der Waals surface area contributed by atoms with Gasteiger partial charge in [0.05, 0.1) is 10.9 Å². The van der Waals surface area contributed by atoms with Gasteiger partial charge in [0.15, 0.2) is 0 Å². The summed E-state index contributed by atoms with van der Waals surface area (Å²) in [7, 11) is -3.73. The molecule has 136 valence electrons. The van der Waals surface area contributed by atoms with Crippen LogP contribution in [0.15, 0.2) is 59.5 Å². The highest BCUT2D eigenvalue weighted by Gasteiger charge is 2.17. The van der Waals surface area contributed by atoms with E-state index in [0.29, 0.717) is 12.2 Å². The minimum Gasteiger partial charge on any atom is -0.344 e. The molecule has 0 aliphatic rings. The van der Waals surface area contributed by atoms with Gasteiger partial charge < -0.3 is 9.88 Å². The number of para-hydroxylation sites is 1. The molecule has 7 heteroatoms. The Balaban J connectivity index is 1.84. The first-order valence-corrected chi connectivity index (χ1v) is 9.87. The molecule has 0 saturated carbocycles. The Labute approximate surface area is 152 Å². The van der Waals surface area contributed by atoms with Gasteiger partial charge in [-0.05, 0) is 43.7 Å². The Bertz CT molecular complexity index is 1050. The third-order valence-corrected chi connectivity index (χ3v) is 5.34. The molecule has 0 saturated heterocycles. The molecule has 2 aromatic carbocycles. The van der Waals surface area contributed by atoms with Gasteiger partial charge in [0, 0.05) is 17.4 Å². The average molecular weight is 371 g/mol. The molecule has 0 aliphatic carbocycles. The van der Waals surface area contributed by atoms with Crippen molar-refractivity contribution in [1.29, 1.82) is 0 Å². The molecule has 0 spiro atoms. The fourth-order valence-electron chi connectivity index (χ4n) is 3.04. The molecule has 1 aromatic heterocycles. The van der Waals surface area contributed by atoms with Gasteiger partial charge in [0.2, 0.25) is 10.0 Å². The molecule has 3 aromatic rings. The lowest BCUT2D eigenvalue weighted by Gasteiger charge is -2.16. The smallest absolute Gasteiger partial charge is 0.268 e. The maximum Gasteiger partial charge on any atom is 0.268 e. The van der Waals surface area contributed by atoms with E-state index in [-0.39, 0.29) is 16.8 Å². The number of nitrogens with two attached hydrogens (primary N) is 1. The normalized spacial score (nSPS) is 12.9. The zero-order valence-corrected chi connectivity index (χ0v) is 15.5. The van der Waals surface area contributed by atoms with Crippen LogP contribution in [0.1, 0.15) is 35.9 Å². The van der Waals surface area contributed by atoms with Crippen LogP contribution in [-0.2, 0) is 16.6 Å². The Kier molecular flexibility index (Phi) is 4.84. The maximum absolute atomic E-state index is 12.8. The molecule has 0 radical (unpaired) electrons. The van der Waals surface area contributed by atoms with Crippen LogP contribution in [0.25, 0.3) is 10.9 Å². The molecule has 0 fully saturated rings. The molecule has 0 unspecified atom stereocenters. The summed E-state index contributed by atoms with van der Waals surface area (Å²) in [6, 6.07) is 15.7. The first kappa shape index (κ1) is 18.2. The van der Waals surface area contributed by atoms with Crippen molar-refractivity contribution in [2.24, 2.45) is 5.14 Å². The van der Waals surface area contributed by atoms with Gasteiger partial charge in [-0.3, -0.25) is 4.79 Å². The molecule has 26 heavy (non-hydrogen) atoms. The first-order valence-electron chi connectivity index (χ1n) is 8.33. The Morgan fingerprint density at radius 1 is 1.15 bits per heavy atom. The topological polar surface area (TPSA) is 94.2 Å². The number of aryl methyl sites for hydroxylation is 1. The maximum atomic E-state index is 12.8. The van der Waals surface area contributed by atoms with Crippen LogP contribution in [0.4, 0.5) is 0 Å². The number of carbonyl (C=O) groups excluding carboxylic acids is 1. The van der Waals surface area contributed by atoms with E-state index in [2.05, 4.69) is 5.32 Å². The van der Waals surface area contributed by atoms with Crippen molar-refractivity contribution in [3.8, 4) is 0 Å². The molecule has 6 nitrogen and oxygen atoms in total. The van der Waals surface area contributed by atoms with Gasteiger partial charge in [-0.1, -0.05) is 30.3 Å². The second kappa shape index (κ2) is 6.93. The van der Waals surface area contributed by atoms with E-state index >= 15 is 0 Å². The average Bonchev–Trinajstić information content (AvgIpc) is 2.99. The third kappa shape index (κ3) is 3.49. The number of aromatic nitrogens is 1. The van der Waals surface area contributed by atoms with E-state index in [4.69, 9.17) is 5.14 Å². The minimum atomic E-state index is -3.73. The summed E-state index contributed by atoms with van der Waals surface area (Å²) in [5.74, 6) is -0.175. The highest BCUT2D eigenvalue weighted by molar-refractivity contribution is 7.89. The molecule has 3 rings (SSSR count). The molecule has 1 atom stereocenters. The summed E-state index contributed by atoms with van der Waals surface area (Å²) < 4.78 is 24.6. The summed E-state index contributed by atoms with van der Waals surface area (Å²) >= 11 is 0. The number of carbonyl (C=O) groups is 1. The van der Waals surface area contributed by atoms with E-state index in [0.717, 1.165) is 16.5 Å². The van der Waals surface area contributed by atoms with Crippen LogP contribution in [-0.4, -0.2) is 18.9 Å². The SMILES string of the molecule is CCn1c(C(=O)N[C@@H](C)c2ccc(S(N)(=O)=O)cc2)cc2ccccc21. The van der Waals surface area contributed by atoms with Crippen LogP contribution in [0.3, 0.4) is 0 Å². The number of amides is 1. The number of fused-ring (bicyclic) bond motifs is 1. The summed E-state index contributed by atoms with van der Waals surface area (Å²) in [6.07, 6.45) is 0. The second-order valence-corrected chi connectivity index (χ2v) is 7.70. The number of benzene rings is 2. The summed E-state index contributed by atoms with van der Waals surface area (Å²) in [5.41, 5.74) is 2.41. The number of hydrogen-bond acceptors (Lipinski definition) is 3. The van der Waals surface area contributed by atoms with E-state index in [1.54, 1.807) is 12.1 Å². The number of nitrogens with zero attached hydrogens (tertiary/aromatic N) is 1.